The predicted octanol–water partition coefficient (Wildman–Crippen LogP) is 6.06. The second-order valence-corrected chi connectivity index (χ2v) is 12.1. The average molecular weight is 616 g/mol. The second kappa shape index (κ2) is 13.1. The van der Waals surface area contributed by atoms with Gasteiger partial charge in [0.25, 0.3) is 0 Å². The fraction of sp³-hybridized carbons (Fsp3) is 0.367. The van der Waals surface area contributed by atoms with Gasteiger partial charge in [0.2, 0.25) is 5.28 Å². The summed E-state index contributed by atoms with van der Waals surface area (Å²) in [5, 5.41) is -0.700. The molecule has 2 atom stereocenters. The van der Waals surface area contributed by atoms with Crippen LogP contribution in [0.5, 0.6) is 17.2 Å². The molecule has 1 aliphatic rings. The molecule has 0 bridgehead atoms. The van der Waals surface area contributed by atoms with Crippen molar-refractivity contribution in [2.75, 3.05) is 6.61 Å². The molecule has 12 heteroatoms. The molecule has 4 rings (SSSR count). The maximum absolute atomic E-state index is 13.8. The van der Waals surface area contributed by atoms with Crippen LogP contribution < -0.4 is 24.8 Å². The van der Waals surface area contributed by atoms with E-state index in [0.717, 1.165) is 0 Å². The summed E-state index contributed by atoms with van der Waals surface area (Å²) in [6.07, 6.45) is -5.33. The third kappa shape index (κ3) is 7.07. The third-order valence-corrected chi connectivity index (χ3v) is 8.53. The summed E-state index contributed by atoms with van der Waals surface area (Å²) in [5.74, 6) is 0.0889. The van der Waals surface area contributed by atoms with Gasteiger partial charge in [-0.05, 0) is 100 Å². The van der Waals surface area contributed by atoms with Crippen LogP contribution in [0.25, 0.3) is 16.7 Å². The zero-order valence-corrected chi connectivity index (χ0v) is 24.5. The van der Waals surface area contributed by atoms with E-state index < -0.39 is 25.0 Å². The molecule has 0 aliphatic carbocycles. The Labute approximate surface area is 265 Å². The first-order valence-electron chi connectivity index (χ1n) is 13.2. The van der Waals surface area contributed by atoms with E-state index in [9.17, 15) is 22.6 Å². The molecule has 3 aromatic rings. The topological polar surface area (TPSA) is 86.6 Å². The number of benzene rings is 3. The molecule has 0 saturated heterocycles. The van der Waals surface area contributed by atoms with Crippen molar-refractivity contribution in [3.05, 3.63) is 76.8 Å². The number of nitrogens with zero attached hydrogens (tertiary/aromatic N) is 1. The molecule has 3 aromatic carbocycles. The summed E-state index contributed by atoms with van der Waals surface area (Å²) >= 11 is 0. The molecule has 0 amide bonds. The van der Waals surface area contributed by atoms with Crippen molar-refractivity contribution in [1.29, 1.82) is 0 Å². The van der Waals surface area contributed by atoms with E-state index in [0.29, 0.717) is 38.6 Å². The number of alkyl halides is 3. The Balaban J connectivity index is 0.00000484. The number of hydrogen-bond donors (Lipinski definition) is 1. The Morgan fingerprint density at radius 1 is 0.905 bits per heavy atom. The molecule has 0 radical (unpaired) electrons. The van der Waals surface area contributed by atoms with Crippen molar-refractivity contribution in [3.8, 4) is 28.4 Å². The van der Waals surface area contributed by atoms with E-state index in [1.807, 2.05) is 13.8 Å². The van der Waals surface area contributed by atoms with Crippen molar-refractivity contribution >= 4 is 42.7 Å². The summed E-state index contributed by atoms with van der Waals surface area (Å²) in [5.41, 5.74) is 1.90. The fourth-order valence-electron chi connectivity index (χ4n) is 4.83. The molecule has 0 saturated carbocycles. The van der Waals surface area contributed by atoms with Gasteiger partial charge in [-0.1, -0.05) is 24.3 Å². The Bertz CT molecular complexity index is 1590. The second-order valence-electron chi connectivity index (χ2n) is 10.1. The van der Waals surface area contributed by atoms with Crippen molar-refractivity contribution in [2.45, 2.75) is 65.4 Å². The molecule has 222 valence electrons. The first-order chi connectivity index (χ1) is 19.2. The minimum absolute atomic E-state index is 0. The van der Waals surface area contributed by atoms with Gasteiger partial charge in [-0.2, -0.15) is 0 Å². The summed E-state index contributed by atoms with van der Waals surface area (Å²) in [6, 6.07) is 16.2. The third-order valence-electron chi connectivity index (χ3n) is 6.41. The maximum atomic E-state index is 13.8. The Morgan fingerprint density at radius 2 is 1.50 bits per heavy atom. The molecular formula is C30H34F3NNaO6P. The van der Waals surface area contributed by atoms with E-state index in [1.54, 1.807) is 76.2 Å². The van der Waals surface area contributed by atoms with Gasteiger partial charge in [0.05, 0.1) is 24.2 Å². The van der Waals surface area contributed by atoms with Crippen LogP contribution in [0.4, 0.5) is 13.2 Å². The van der Waals surface area contributed by atoms with E-state index in [1.165, 1.54) is 12.1 Å². The SMILES string of the molecule is CCOP(=O)(O)C1(c2ccc(OC(C)C)cc2)N=c2ccc(-c3ccc(OC(C)C)c(OC(F)(F)F)c3)cc2=C1C.[NaH]. The van der Waals surface area contributed by atoms with Crippen LogP contribution >= 0.6 is 7.60 Å². The number of hydrogen-bond acceptors (Lipinski definition) is 6. The first kappa shape index (κ1) is 34.2. The van der Waals surface area contributed by atoms with Crippen molar-refractivity contribution in [2.24, 2.45) is 4.99 Å². The normalized spacial score (nSPS) is 17.8. The van der Waals surface area contributed by atoms with E-state index in [4.69, 9.17) is 19.0 Å². The van der Waals surface area contributed by atoms with Gasteiger partial charge >= 0.3 is 43.5 Å². The molecule has 42 heavy (non-hydrogen) atoms. The molecule has 1 heterocycles. The van der Waals surface area contributed by atoms with Crippen molar-refractivity contribution in [1.82, 2.24) is 0 Å². The quantitative estimate of drug-likeness (QED) is 0.221. The van der Waals surface area contributed by atoms with Crippen molar-refractivity contribution < 1.29 is 41.4 Å². The zero-order chi connectivity index (χ0) is 30.2. The molecular weight excluding hydrogens is 581 g/mol. The molecule has 0 aromatic heterocycles. The fourth-order valence-corrected chi connectivity index (χ4v) is 6.62. The predicted molar refractivity (Wildman–Crippen MR) is 157 cm³/mol. The number of halogens is 3. The van der Waals surface area contributed by atoms with Crippen LogP contribution in [0, 0.1) is 0 Å². The van der Waals surface area contributed by atoms with Crippen molar-refractivity contribution in [3.63, 3.8) is 0 Å². The molecule has 7 nitrogen and oxygen atoms in total. The Hall–Kier alpha value is -2.33. The average Bonchev–Trinajstić information content (AvgIpc) is 3.17. The Morgan fingerprint density at radius 3 is 2.07 bits per heavy atom. The Kier molecular flexibility index (Phi) is 10.7. The van der Waals surface area contributed by atoms with Crippen LogP contribution in [-0.4, -0.2) is 59.6 Å². The van der Waals surface area contributed by atoms with E-state index in [-0.39, 0.29) is 54.1 Å². The summed E-state index contributed by atoms with van der Waals surface area (Å²) in [4.78, 5) is 16.0. The first-order valence-corrected chi connectivity index (χ1v) is 14.8. The van der Waals surface area contributed by atoms with Gasteiger partial charge in [-0.15, -0.1) is 13.2 Å². The monoisotopic (exact) mass is 615 g/mol. The number of rotatable bonds is 10. The van der Waals surface area contributed by atoms with E-state index in [2.05, 4.69) is 4.74 Å². The molecule has 0 fully saturated rings. The molecule has 2 unspecified atom stereocenters. The molecule has 1 N–H and O–H groups in total. The summed E-state index contributed by atoms with van der Waals surface area (Å²) in [7, 11) is -4.42. The van der Waals surface area contributed by atoms with Gasteiger partial charge in [-0.25, -0.2) is 0 Å². The van der Waals surface area contributed by atoms with Gasteiger partial charge in [-0.3, -0.25) is 9.56 Å². The number of fused-ring (bicyclic) bond motifs is 1. The van der Waals surface area contributed by atoms with Crippen LogP contribution in [0.2, 0.25) is 0 Å². The van der Waals surface area contributed by atoms with Gasteiger partial charge < -0.3 is 23.6 Å². The van der Waals surface area contributed by atoms with E-state index >= 15 is 0 Å². The van der Waals surface area contributed by atoms with Crippen LogP contribution in [-0.2, 0) is 14.4 Å². The standard InChI is InChI=1S/C30H33F3NO6P.Na.H/c1-7-37-41(35,36)29(23-10-12-24(13-11-23)38-18(2)3)20(6)25-16-21(8-14-26(25)34-29)22-9-15-27(39-19(4)5)28(17-22)40-30(31,32)33;;/h8-19H,7H2,1-6H3,(H,35,36);;. The minimum atomic E-state index is -4.91. The van der Waals surface area contributed by atoms with Crippen LogP contribution in [0.15, 0.2) is 65.7 Å². The van der Waals surface area contributed by atoms with Crippen LogP contribution in [0.1, 0.15) is 47.1 Å². The van der Waals surface area contributed by atoms with Gasteiger partial charge in [0.15, 0.2) is 11.5 Å². The van der Waals surface area contributed by atoms with Gasteiger partial charge in [0.1, 0.15) is 5.75 Å². The van der Waals surface area contributed by atoms with Gasteiger partial charge in [0, 0.05) is 5.22 Å². The van der Waals surface area contributed by atoms with Crippen LogP contribution in [0.3, 0.4) is 0 Å². The molecule has 1 aliphatic heterocycles. The summed E-state index contributed by atoms with van der Waals surface area (Å²) in [6.45, 7) is 10.5. The zero-order valence-electron chi connectivity index (χ0n) is 23.7. The summed E-state index contributed by atoms with van der Waals surface area (Å²) < 4.78 is 74.2. The number of ether oxygens (including phenoxy) is 3. The molecule has 0 spiro atoms.